The topological polar surface area (TPSA) is 61.8 Å². The Morgan fingerprint density at radius 3 is 3.00 bits per heavy atom. The molecule has 1 aromatic rings. The van der Waals surface area contributed by atoms with E-state index in [9.17, 15) is 9.90 Å². The lowest BCUT2D eigenvalue weighted by atomic mass is 10.2. The van der Waals surface area contributed by atoms with Gasteiger partial charge in [0.2, 0.25) is 5.91 Å². The van der Waals surface area contributed by atoms with Crippen molar-refractivity contribution in [1.82, 2.24) is 10.2 Å². The number of nitrogens with one attached hydrogen (secondary N) is 1. The number of methoxy groups -OCH3 is 1. The standard InChI is InChI=1S/C13H20N2O3S/c1-9-3-4-10(19-9)5-15-6-11(12(16)7-15)14-13(17)8-18-2/h3-4,11-12,16H,5-8H2,1-2H3,(H,14,17)/t11-,12-/m1/s1. The number of carbonyl (C=O) groups is 1. The Balaban J connectivity index is 1.84. The molecule has 0 spiro atoms. The van der Waals surface area contributed by atoms with E-state index in [1.54, 1.807) is 11.3 Å². The summed E-state index contributed by atoms with van der Waals surface area (Å²) in [6, 6.07) is 4.01. The SMILES string of the molecule is COCC(=O)N[C@@H]1CN(Cc2ccc(C)s2)C[C@H]1O. The lowest BCUT2D eigenvalue weighted by Crippen LogP contribution is -2.44. The molecule has 0 aliphatic carbocycles. The number of β-amino-alcohol motifs (C(OH)–C–C–N with tert-alkyl or cyclic N) is 1. The predicted octanol–water partition coefficient (Wildman–Crippen LogP) is 0.364. The van der Waals surface area contributed by atoms with Gasteiger partial charge in [0, 0.05) is 36.5 Å². The molecule has 106 valence electrons. The third-order valence-corrected chi connectivity index (χ3v) is 4.15. The second-order valence-corrected chi connectivity index (χ2v) is 6.25. The number of ether oxygens (including phenoxy) is 1. The van der Waals surface area contributed by atoms with Gasteiger partial charge in [0.1, 0.15) is 6.61 Å². The summed E-state index contributed by atoms with van der Waals surface area (Å²) in [6.07, 6.45) is -0.512. The van der Waals surface area contributed by atoms with Crippen LogP contribution in [0.25, 0.3) is 0 Å². The normalized spacial score (nSPS) is 23.7. The lowest BCUT2D eigenvalue weighted by Gasteiger charge is -2.16. The number of likely N-dealkylation sites (tertiary alicyclic amines) is 1. The van der Waals surface area contributed by atoms with Crippen LogP contribution in [0.15, 0.2) is 12.1 Å². The van der Waals surface area contributed by atoms with Crippen molar-refractivity contribution in [3.05, 3.63) is 21.9 Å². The number of thiophene rings is 1. The number of aliphatic hydroxyl groups is 1. The number of amides is 1. The minimum Gasteiger partial charge on any atom is -0.390 e. The van der Waals surface area contributed by atoms with Crippen molar-refractivity contribution in [3.8, 4) is 0 Å². The Kier molecular flexibility index (Phi) is 4.93. The van der Waals surface area contributed by atoms with E-state index in [1.807, 2.05) is 0 Å². The van der Waals surface area contributed by atoms with Gasteiger partial charge < -0.3 is 15.2 Å². The first-order valence-corrected chi connectivity index (χ1v) is 7.14. The molecule has 2 N–H and O–H groups in total. The van der Waals surface area contributed by atoms with Crippen LogP contribution in [0.1, 0.15) is 9.75 Å². The molecule has 19 heavy (non-hydrogen) atoms. The molecule has 1 saturated heterocycles. The van der Waals surface area contributed by atoms with Gasteiger partial charge in [-0.25, -0.2) is 0 Å². The molecule has 0 radical (unpaired) electrons. The lowest BCUT2D eigenvalue weighted by molar-refractivity contribution is -0.125. The molecule has 0 saturated carbocycles. The molecule has 5 nitrogen and oxygen atoms in total. The van der Waals surface area contributed by atoms with Crippen molar-refractivity contribution >= 4 is 17.2 Å². The maximum absolute atomic E-state index is 11.4. The van der Waals surface area contributed by atoms with E-state index in [4.69, 9.17) is 4.74 Å². The highest BCUT2D eigenvalue weighted by atomic mass is 32.1. The molecule has 1 aliphatic rings. The summed E-state index contributed by atoms with van der Waals surface area (Å²) < 4.78 is 4.77. The molecule has 2 atom stereocenters. The molecule has 2 rings (SSSR count). The number of nitrogens with zero attached hydrogens (tertiary/aromatic N) is 1. The maximum Gasteiger partial charge on any atom is 0.246 e. The first-order valence-electron chi connectivity index (χ1n) is 6.32. The van der Waals surface area contributed by atoms with Crippen LogP contribution >= 0.6 is 11.3 Å². The van der Waals surface area contributed by atoms with Crippen LogP contribution in [0.4, 0.5) is 0 Å². The average molecular weight is 284 g/mol. The van der Waals surface area contributed by atoms with Crippen molar-refractivity contribution in [2.24, 2.45) is 0 Å². The Bertz CT molecular complexity index is 435. The van der Waals surface area contributed by atoms with E-state index in [1.165, 1.54) is 16.9 Å². The van der Waals surface area contributed by atoms with Crippen LogP contribution in [0.3, 0.4) is 0 Å². The Hall–Kier alpha value is -0.950. The number of carbonyl (C=O) groups excluding carboxylic acids is 1. The number of hydrogen-bond donors (Lipinski definition) is 2. The van der Waals surface area contributed by atoms with E-state index in [-0.39, 0.29) is 18.6 Å². The smallest absolute Gasteiger partial charge is 0.246 e. The molecule has 1 amide bonds. The minimum atomic E-state index is -0.512. The third-order valence-electron chi connectivity index (χ3n) is 3.16. The summed E-state index contributed by atoms with van der Waals surface area (Å²) in [5.74, 6) is -0.180. The Labute approximate surface area is 117 Å². The zero-order valence-electron chi connectivity index (χ0n) is 11.3. The van der Waals surface area contributed by atoms with Crippen molar-refractivity contribution in [2.75, 3.05) is 26.8 Å². The third kappa shape index (κ3) is 4.01. The molecular weight excluding hydrogens is 264 g/mol. The Morgan fingerprint density at radius 2 is 2.37 bits per heavy atom. The zero-order chi connectivity index (χ0) is 13.8. The summed E-state index contributed by atoms with van der Waals surface area (Å²) >= 11 is 1.77. The van der Waals surface area contributed by atoms with Gasteiger partial charge >= 0.3 is 0 Å². The highest BCUT2D eigenvalue weighted by Crippen LogP contribution is 2.20. The second kappa shape index (κ2) is 6.47. The molecule has 1 aliphatic heterocycles. The van der Waals surface area contributed by atoms with Crippen molar-refractivity contribution in [3.63, 3.8) is 0 Å². The first kappa shape index (κ1) is 14.5. The zero-order valence-corrected chi connectivity index (χ0v) is 12.1. The number of hydrogen-bond acceptors (Lipinski definition) is 5. The minimum absolute atomic E-state index is 0.0351. The molecular formula is C13H20N2O3S. The fourth-order valence-corrected chi connectivity index (χ4v) is 3.24. The van der Waals surface area contributed by atoms with Crippen molar-refractivity contribution < 1.29 is 14.6 Å². The number of aryl methyl sites for hydroxylation is 1. The second-order valence-electron chi connectivity index (χ2n) is 4.88. The monoisotopic (exact) mass is 284 g/mol. The van der Waals surface area contributed by atoms with Crippen LogP contribution in [-0.4, -0.2) is 54.9 Å². The molecule has 0 aromatic carbocycles. The van der Waals surface area contributed by atoms with Gasteiger partial charge in [-0.1, -0.05) is 0 Å². The molecule has 1 aromatic heterocycles. The van der Waals surface area contributed by atoms with Gasteiger partial charge in [-0.2, -0.15) is 0 Å². The van der Waals surface area contributed by atoms with Crippen LogP contribution in [0, 0.1) is 6.92 Å². The van der Waals surface area contributed by atoms with E-state index < -0.39 is 6.10 Å². The van der Waals surface area contributed by atoms with Crippen LogP contribution < -0.4 is 5.32 Å². The molecule has 0 bridgehead atoms. The van der Waals surface area contributed by atoms with Crippen LogP contribution in [-0.2, 0) is 16.1 Å². The largest absolute Gasteiger partial charge is 0.390 e. The van der Waals surface area contributed by atoms with Gasteiger partial charge in [0.15, 0.2) is 0 Å². The maximum atomic E-state index is 11.4. The summed E-state index contributed by atoms with van der Waals surface area (Å²) in [6.45, 7) is 4.21. The van der Waals surface area contributed by atoms with Crippen molar-refractivity contribution in [1.29, 1.82) is 0 Å². The van der Waals surface area contributed by atoms with E-state index in [0.29, 0.717) is 13.1 Å². The van der Waals surface area contributed by atoms with Gasteiger partial charge in [0.25, 0.3) is 0 Å². The number of rotatable bonds is 5. The highest BCUT2D eigenvalue weighted by Gasteiger charge is 2.32. The molecule has 6 heteroatoms. The molecule has 0 unspecified atom stereocenters. The van der Waals surface area contributed by atoms with Crippen LogP contribution in [0.2, 0.25) is 0 Å². The fourth-order valence-electron chi connectivity index (χ4n) is 2.31. The molecule has 2 heterocycles. The quantitative estimate of drug-likeness (QED) is 0.820. The highest BCUT2D eigenvalue weighted by molar-refractivity contribution is 7.11. The predicted molar refractivity (Wildman–Crippen MR) is 74.1 cm³/mol. The first-order chi connectivity index (χ1) is 9.08. The van der Waals surface area contributed by atoms with E-state index in [2.05, 4.69) is 29.3 Å². The van der Waals surface area contributed by atoms with Gasteiger partial charge in [-0.15, -0.1) is 11.3 Å². The Morgan fingerprint density at radius 1 is 1.58 bits per heavy atom. The fraction of sp³-hybridized carbons (Fsp3) is 0.615. The van der Waals surface area contributed by atoms with Gasteiger partial charge in [-0.05, 0) is 19.1 Å². The van der Waals surface area contributed by atoms with Crippen molar-refractivity contribution in [2.45, 2.75) is 25.6 Å². The average Bonchev–Trinajstić information content (AvgIpc) is 2.87. The van der Waals surface area contributed by atoms with E-state index >= 15 is 0 Å². The van der Waals surface area contributed by atoms with E-state index in [0.717, 1.165) is 6.54 Å². The van der Waals surface area contributed by atoms with Gasteiger partial charge in [-0.3, -0.25) is 9.69 Å². The summed E-state index contributed by atoms with van der Waals surface area (Å²) in [5.41, 5.74) is 0. The number of aliphatic hydroxyl groups excluding tert-OH is 1. The van der Waals surface area contributed by atoms with Crippen LogP contribution in [0.5, 0.6) is 0 Å². The summed E-state index contributed by atoms with van der Waals surface area (Å²) in [7, 11) is 1.48. The van der Waals surface area contributed by atoms with Gasteiger partial charge in [0.05, 0.1) is 12.1 Å². The summed E-state index contributed by atoms with van der Waals surface area (Å²) in [4.78, 5) is 16.2. The molecule has 1 fully saturated rings. The summed E-state index contributed by atoms with van der Waals surface area (Å²) in [5, 5.41) is 12.8.